The lowest BCUT2D eigenvalue weighted by Crippen LogP contribution is -2.39. The summed E-state index contributed by atoms with van der Waals surface area (Å²) < 4.78 is 29.1. The van der Waals surface area contributed by atoms with Crippen LogP contribution in [-0.4, -0.2) is 45.1 Å². The number of benzene rings is 2. The van der Waals surface area contributed by atoms with Gasteiger partial charge in [-0.3, -0.25) is 9.36 Å². The predicted octanol–water partition coefficient (Wildman–Crippen LogP) is 3.49. The third kappa shape index (κ3) is 5.14. The Labute approximate surface area is 228 Å². The fraction of sp³-hybridized carbons (Fsp3) is 0.296. The molecule has 1 aliphatic rings. The third-order valence-electron chi connectivity index (χ3n) is 5.76. The van der Waals surface area contributed by atoms with E-state index in [4.69, 9.17) is 35.3 Å². The van der Waals surface area contributed by atoms with E-state index in [0.717, 1.165) is 0 Å². The maximum Gasteiger partial charge on any atom is 0.337 e. The molecule has 0 amide bonds. The number of aromatic nitrogens is 1. The summed E-state index contributed by atoms with van der Waals surface area (Å²) >= 11 is 7.56. The van der Waals surface area contributed by atoms with E-state index in [-0.39, 0.29) is 11.1 Å². The fourth-order valence-corrected chi connectivity index (χ4v) is 5.43. The van der Waals surface area contributed by atoms with Crippen LogP contribution in [0.5, 0.6) is 23.0 Å². The third-order valence-corrected chi connectivity index (χ3v) is 7.04. The van der Waals surface area contributed by atoms with E-state index in [1.54, 1.807) is 36.4 Å². The van der Waals surface area contributed by atoms with Crippen LogP contribution < -0.4 is 33.8 Å². The van der Waals surface area contributed by atoms with Crippen LogP contribution in [-0.2, 0) is 9.53 Å². The Hall–Kier alpha value is -3.76. The molecule has 0 N–H and O–H groups in total. The minimum Gasteiger partial charge on any atom is -0.493 e. The van der Waals surface area contributed by atoms with Gasteiger partial charge in [0.25, 0.3) is 5.56 Å². The lowest BCUT2D eigenvalue weighted by Gasteiger charge is -2.23. The first-order chi connectivity index (χ1) is 18.4. The van der Waals surface area contributed by atoms with Gasteiger partial charge >= 0.3 is 5.97 Å². The predicted molar refractivity (Wildman–Crippen MR) is 145 cm³/mol. The van der Waals surface area contributed by atoms with E-state index in [2.05, 4.69) is 4.99 Å². The van der Waals surface area contributed by atoms with Gasteiger partial charge in [-0.2, -0.15) is 0 Å². The SMILES string of the molecule is CCOc1ccc([C@H]2C(C(=O)OC)=CN=c3s/c(=C\c4cc(Cl)c(OC)c(OC)c4)c(=O)n32)cc1OCC. The van der Waals surface area contributed by atoms with Crippen molar-refractivity contribution in [3.63, 3.8) is 0 Å². The summed E-state index contributed by atoms with van der Waals surface area (Å²) in [6, 6.07) is 7.95. The Morgan fingerprint density at radius 3 is 2.45 bits per heavy atom. The maximum atomic E-state index is 13.8. The first-order valence-corrected chi connectivity index (χ1v) is 13.0. The molecule has 2 heterocycles. The van der Waals surface area contributed by atoms with E-state index in [9.17, 15) is 9.59 Å². The number of carbonyl (C=O) groups excluding carboxylic acids is 1. The van der Waals surface area contributed by atoms with Crippen LogP contribution in [0.25, 0.3) is 6.08 Å². The van der Waals surface area contributed by atoms with Gasteiger partial charge in [-0.1, -0.05) is 29.0 Å². The molecule has 38 heavy (non-hydrogen) atoms. The molecule has 1 atom stereocenters. The Balaban J connectivity index is 1.91. The summed E-state index contributed by atoms with van der Waals surface area (Å²) in [6.45, 7) is 4.62. The number of hydrogen-bond donors (Lipinski definition) is 0. The largest absolute Gasteiger partial charge is 0.493 e. The van der Waals surface area contributed by atoms with Crippen LogP contribution in [0, 0.1) is 0 Å². The lowest BCUT2D eigenvalue weighted by molar-refractivity contribution is -0.136. The lowest BCUT2D eigenvalue weighted by atomic mass is 9.97. The molecule has 0 bridgehead atoms. The highest BCUT2D eigenvalue weighted by molar-refractivity contribution is 7.07. The number of ether oxygens (including phenoxy) is 5. The number of esters is 1. The van der Waals surface area contributed by atoms with E-state index in [0.29, 0.717) is 61.7 Å². The van der Waals surface area contributed by atoms with Gasteiger partial charge in [0.15, 0.2) is 27.8 Å². The average molecular weight is 559 g/mol. The molecule has 1 aromatic heterocycles. The Bertz CT molecular complexity index is 1580. The Morgan fingerprint density at radius 1 is 1.05 bits per heavy atom. The van der Waals surface area contributed by atoms with Crippen LogP contribution >= 0.6 is 22.9 Å². The second-order valence-corrected chi connectivity index (χ2v) is 9.40. The second kappa shape index (κ2) is 11.7. The van der Waals surface area contributed by atoms with Crippen molar-refractivity contribution >= 4 is 35.0 Å². The molecule has 0 unspecified atom stereocenters. The number of fused-ring (bicyclic) bond motifs is 1. The zero-order valence-corrected chi connectivity index (χ0v) is 23.1. The minimum atomic E-state index is -0.787. The van der Waals surface area contributed by atoms with E-state index < -0.39 is 12.0 Å². The number of halogens is 1. The number of carbonyl (C=O) groups is 1. The zero-order chi connectivity index (χ0) is 27.4. The molecule has 200 valence electrons. The van der Waals surface area contributed by atoms with Gasteiger partial charge in [0.2, 0.25) is 0 Å². The fourth-order valence-electron chi connectivity index (χ4n) is 4.16. The Morgan fingerprint density at radius 2 is 1.79 bits per heavy atom. The molecule has 1 aliphatic heterocycles. The summed E-state index contributed by atoms with van der Waals surface area (Å²) in [7, 11) is 4.29. The standard InChI is InChI=1S/C27H27ClN2O7S/c1-6-36-19-9-8-16(13-20(19)37-7-2)23-17(26(32)35-5)14-29-27-30(23)25(31)22(38-27)12-15-10-18(28)24(34-4)21(11-15)33-3/h8-14,23H,6-7H2,1-5H3/b22-12-/t23-/m0/s1. The highest BCUT2D eigenvalue weighted by atomic mass is 35.5. The normalized spacial score (nSPS) is 14.7. The molecule has 0 radical (unpaired) electrons. The molecule has 3 aromatic rings. The topological polar surface area (TPSA) is 97.6 Å². The molecular weight excluding hydrogens is 532 g/mol. The van der Waals surface area contributed by atoms with Gasteiger partial charge < -0.3 is 23.7 Å². The van der Waals surface area contributed by atoms with Crippen molar-refractivity contribution in [2.45, 2.75) is 19.9 Å². The molecule has 0 fully saturated rings. The van der Waals surface area contributed by atoms with Crippen molar-refractivity contribution in [1.82, 2.24) is 4.57 Å². The smallest absolute Gasteiger partial charge is 0.337 e. The summed E-state index contributed by atoms with van der Waals surface area (Å²) in [5, 5.41) is 0.342. The monoisotopic (exact) mass is 558 g/mol. The Kier molecular flexibility index (Phi) is 8.43. The van der Waals surface area contributed by atoms with Crippen molar-refractivity contribution in [3.8, 4) is 23.0 Å². The first-order valence-electron chi connectivity index (χ1n) is 11.8. The average Bonchev–Trinajstić information content (AvgIpc) is 3.23. The maximum absolute atomic E-state index is 13.8. The van der Waals surface area contributed by atoms with E-state index >= 15 is 0 Å². The van der Waals surface area contributed by atoms with Crippen molar-refractivity contribution in [2.75, 3.05) is 34.5 Å². The number of nitrogens with zero attached hydrogens (tertiary/aromatic N) is 2. The van der Waals surface area contributed by atoms with Crippen molar-refractivity contribution < 1.29 is 28.5 Å². The molecular formula is C27H27ClN2O7S. The van der Waals surface area contributed by atoms with Gasteiger partial charge in [-0.25, -0.2) is 9.79 Å². The van der Waals surface area contributed by atoms with Crippen molar-refractivity contribution in [2.24, 2.45) is 4.99 Å². The molecule has 0 spiro atoms. The second-order valence-electron chi connectivity index (χ2n) is 7.99. The quantitative estimate of drug-likeness (QED) is 0.371. The summed E-state index contributed by atoms with van der Waals surface area (Å²) in [5.41, 5.74) is 1.17. The highest BCUT2D eigenvalue weighted by Gasteiger charge is 2.31. The minimum absolute atomic E-state index is 0.215. The summed E-state index contributed by atoms with van der Waals surface area (Å²) in [6.07, 6.45) is 3.13. The van der Waals surface area contributed by atoms with Gasteiger partial charge in [0.1, 0.15) is 0 Å². The van der Waals surface area contributed by atoms with E-state index in [1.165, 1.54) is 43.4 Å². The highest BCUT2D eigenvalue weighted by Crippen LogP contribution is 2.37. The number of thiazole rings is 1. The van der Waals surface area contributed by atoms with Gasteiger partial charge in [-0.15, -0.1) is 0 Å². The molecule has 2 aromatic carbocycles. The number of rotatable bonds is 9. The first kappa shape index (κ1) is 27.3. The van der Waals surface area contributed by atoms with Crippen molar-refractivity contribution in [3.05, 3.63) is 77.9 Å². The zero-order valence-electron chi connectivity index (χ0n) is 21.6. The molecule has 9 nitrogen and oxygen atoms in total. The van der Waals surface area contributed by atoms with Gasteiger partial charge in [0.05, 0.1) is 55.7 Å². The van der Waals surface area contributed by atoms with Crippen LogP contribution in [0.15, 0.2) is 51.9 Å². The van der Waals surface area contributed by atoms with Crippen molar-refractivity contribution in [1.29, 1.82) is 0 Å². The van der Waals surface area contributed by atoms with Crippen LogP contribution in [0.4, 0.5) is 0 Å². The molecule has 4 rings (SSSR count). The van der Waals surface area contributed by atoms with Gasteiger partial charge in [0, 0.05) is 6.20 Å². The van der Waals surface area contributed by atoms with Crippen LogP contribution in [0.1, 0.15) is 31.0 Å². The summed E-state index contributed by atoms with van der Waals surface area (Å²) in [4.78, 5) is 31.3. The summed E-state index contributed by atoms with van der Waals surface area (Å²) in [5.74, 6) is 1.32. The van der Waals surface area contributed by atoms with E-state index in [1.807, 2.05) is 13.8 Å². The number of methoxy groups -OCH3 is 3. The molecule has 0 saturated heterocycles. The van der Waals surface area contributed by atoms with Gasteiger partial charge in [-0.05, 0) is 55.3 Å². The van der Waals surface area contributed by atoms with Crippen LogP contribution in [0.3, 0.4) is 0 Å². The molecule has 0 saturated carbocycles. The molecule has 11 heteroatoms. The molecule has 0 aliphatic carbocycles. The number of hydrogen-bond acceptors (Lipinski definition) is 9. The van der Waals surface area contributed by atoms with Crippen LogP contribution in [0.2, 0.25) is 5.02 Å².